The zero-order valence-corrected chi connectivity index (χ0v) is 13.7. The summed E-state index contributed by atoms with van der Waals surface area (Å²) in [5.41, 5.74) is 0.584. The van der Waals surface area contributed by atoms with Gasteiger partial charge in [0, 0.05) is 36.6 Å². The van der Waals surface area contributed by atoms with Gasteiger partial charge in [0.05, 0.1) is 0 Å². The quantitative estimate of drug-likeness (QED) is 0.847. The number of amides is 2. The predicted octanol–water partition coefficient (Wildman–Crippen LogP) is 3.11. The summed E-state index contributed by atoms with van der Waals surface area (Å²) in [5.74, 6) is 0.797. The second-order valence-electron chi connectivity index (χ2n) is 5.93. The molecule has 0 radical (unpaired) electrons. The van der Waals surface area contributed by atoms with E-state index in [2.05, 4.69) is 12.2 Å². The van der Waals surface area contributed by atoms with E-state index in [0.717, 1.165) is 31.8 Å². The van der Waals surface area contributed by atoms with Gasteiger partial charge in [-0.15, -0.1) is 0 Å². The van der Waals surface area contributed by atoms with Crippen molar-refractivity contribution >= 4 is 23.4 Å². The highest BCUT2D eigenvalue weighted by Gasteiger charge is 2.19. The van der Waals surface area contributed by atoms with Crippen molar-refractivity contribution in [1.82, 2.24) is 10.2 Å². The van der Waals surface area contributed by atoms with E-state index in [-0.39, 0.29) is 11.8 Å². The molecule has 4 nitrogen and oxygen atoms in total. The second-order valence-corrected chi connectivity index (χ2v) is 6.37. The van der Waals surface area contributed by atoms with E-state index in [0.29, 0.717) is 30.0 Å². The SMILES string of the molecule is CC1CCN(C(=O)CCCNC(=O)c2ccc(Cl)cc2)CC1. The molecule has 1 aliphatic heterocycles. The summed E-state index contributed by atoms with van der Waals surface area (Å²) in [6.45, 7) is 4.49. The Hall–Kier alpha value is -1.55. The average Bonchev–Trinajstić information content (AvgIpc) is 2.52. The number of rotatable bonds is 5. The molecule has 120 valence electrons. The highest BCUT2D eigenvalue weighted by molar-refractivity contribution is 6.30. The second kappa shape index (κ2) is 8.18. The van der Waals surface area contributed by atoms with Crippen LogP contribution in [0.1, 0.15) is 43.0 Å². The minimum absolute atomic E-state index is 0.129. The molecule has 1 aliphatic rings. The summed E-state index contributed by atoms with van der Waals surface area (Å²) in [5, 5.41) is 3.44. The Bertz CT molecular complexity index is 508. The van der Waals surface area contributed by atoms with Crippen molar-refractivity contribution in [3.8, 4) is 0 Å². The monoisotopic (exact) mass is 322 g/mol. The maximum Gasteiger partial charge on any atom is 0.251 e. The molecule has 2 rings (SSSR count). The van der Waals surface area contributed by atoms with Gasteiger partial charge in [-0.1, -0.05) is 18.5 Å². The Labute approximate surface area is 136 Å². The van der Waals surface area contributed by atoms with Crippen molar-refractivity contribution in [3.05, 3.63) is 34.9 Å². The van der Waals surface area contributed by atoms with Gasteiger partial charge in [-0.25, -0.2) is 0 Å². The molecular formula is C17H23ClN2O2. The maximum atomic E-state index is 12.1. The molecule has 1 N–H and O–H groups in total. The molecule has 0 atom stereocenters. The lowest BCUT2D eigenvalue weighted by atomic mass is 9.99. The standard InChI is InChI=1S/C17H23ClN2O2/c1-13-8-11-20(12-9-13)16(21)3-2-10-19-17(22)14-4-6-15(18)7-5-14/h4-7,13H,2-3,8-12H2,1H3,(H,19,22). The molecule has 2 amide bonds. The first kappa shape index (κ1) is 16.8. The van der Waals surface area contributed by atoms with Crippen LogP contribution in [-0.2, 0) is 4.79 Å². The minimum atomic E-state index is -0.129. The molecule has 0 saturated carbocycles. The van der Waals surface area contributed by atoms with Crippen molar-refractivity contribution in [2.24, 2.45) is 5.92 Å². The maximum absolute atomic E-state index is 12.1. The van der Waals surface area contributed by atoms with Crippen LogP contribution in [0.2, 0.25) is 5.02 Å². The van der Waals surface area contributed by atoms with Crippen LogP contribution in [-0.4, -0.2) is 36.3 Å². The van der Waals surface area contributed by atoms with E-state index >= 15 is 0 Å². The molecule has 22 heavy (non-hydrogen) atoms. The summed E-state index contributed by atoms with van der Waals surface area (Å²) >= 11 is 5.79. The van der Waals surface area contributed by atoms with Gasteiger partial charge in [-0.05, 0) is 49.4 Å². The van der Waals surface area contributed by atoms with Crippen LogP contribution in [0.3, 0.4) is 0 Å². The highest BCUT2D eigenvalue weighted by Crippen LogP contribution is 2.16. The zero-order valence-electron chi connectivity index (χ0n) is 13.0. The molecule has 0 spiro atoms. The molecule has 1 aromatic rings. The highest BCUT2D eigenvalue weighted by atomic mass is 35.5. The number of likely N-dealkylation sites (tertiary alicyclic amines) is 1. The normalized spacial score (nSPS) is 15.6. The number of benzene rings is 1. The Morgan fingerprint density at radius 3 is 2.50 bits per heavy atom. The lowest BCUT2D eigenvalue weighted by Crippen LogP contribution is -2.38. The average molecular weight is 323 g/mol. The van der Waals surface area contributed by atoms with Crippen LogP contribution in [0.5, 0.6) is 0 Å². The topological polar surface area (TPSA) is 49.4 Å². The Kier molecular flexibility index (Phi) is 6.25. The number of carbonyl (C=O) groups excluding carboxylic acids is 2. The van der Waals surface area contributed by atoms with Crippen LogP contribution in [0.4, 0.5) is 0 Å². The third kappa shape index (κ3) is 5.02. The number of nitrogens with zero attached hydrogens (tertiary/aromatic N) is 1. The van der Waals surface area contributed by atoms with Crippen molar-refractivity contribution in [2.75, 3.05) is 19.6 Å². The van der Waals surface area contributed by atoms with E-state index in [4.69, 9.17) is 11.6 Å². The molecular weight excluding hydrogens is 300 g/mol. The Morgan fingerprint density at radius 1 is 1.23 bits per heavy atom. The molecule has 0 aromatic heterocycles. The number of nitrogens with one attached hydrogen (secondary N) is 1. The third-order valence-corrected chi connectivity index (χ3v) is 4.35. The smallest absolute Gasteiger partial charge is 0.251 e. The predicted molar refractivity (Wildman–Crippen MR) is 88.0 cm³/mol. The van der Waals surface area contributed by atoms with Gasteiger partial charge in [0.1, 0.15) is 0 Å². The number of piperidine rings is 1. The first-order chi connectivity index (χ1) is 10.6. The fourth-order valence-electron chi connectivity index (χ4n) is 2.56. The zero-order chi connectivity index (χ0) is 15.9. The molecule has 5 heteroatoms. The lowest BCUT2D eigenvalue weighted by Gasteiger charge is -2.30. The molecule has 0 unspecified atom stereocenters. The summed E-state index contributed by atoms with van der Waals surface area (Å²) in [4.78, 5) is 25.9. The molecule has 1 fully saturated rings. The van der Waals surface area contributed by atoms with Gasteiger partial charge in [0.2, 0.25) is 5.91 Å². The molecule has 1 saturated heterocycles. The van der Waals surface area contributed by atoms with Crippen molar-refractivity contribution in [3.63, 3.8) is 0 Å². The van der Waals surface area contributed by atoms with Gasteiger partial charge in [-0.3, -0.25) is 9.59 Å². The summed E-state index contributed by atoms with van der Waals surface area (Å²) in [6, 6.07) is 6.77. The number of hydrogen-bond acceptors (Lipinski definition) is 2. The van der Waals surface area contributed by atoms with Gasteiger partial charge in [-0.2, -0.15) is 0 Å². The molecule has 1 heterocycles. The van der Waals surface area contributed by atoms with Crippen molar-refractivity contribution < 1.29 is 9.59 Å². The summed E-state index contributed by atoms with van der Waals surface area (Å²) < 4.78 is 0. The van der Waals surface area contributed by atoms with Crippen LogP contribution >= 0.6 is 11.6 Å². The van der Waals surface area contributed by atoms with Crippen molar-refractivity contribution in [2.45, 2.75) is 32.6 Å². The number of carbonyl (C=O) groups is 2. The fourth-order valence-corrected chi connectivity index (χ4v) is 2.69. The van der Waals surface area contributed by atoms with E-state index in [1.54, 1.807) is 24.3 Å². The lowest BCUT2D eigenvalue weighted by molar-refractivity contribution is -0.132. The Morgan fingerprint density at radius 2 is 1.86 bits per heavy atom. The first-order valence-corrected chi connectivity index (χ1v) is 8.25. The van der Waals surface area contributed by atoms with E-state index < -0.39 is 0 Å². The molecule has 0 bridgehead atoms. The van der Waals surface area contributed by atoms with Crippen LogP contribution in [0, 0.1) is 5.92 Å². The summed E-state index contributed by atoms with van der Waals surface area (Å²) in [7, 11) is 0. The number of halogens is 1. The van der Waals surface area contributed by atoms with Gasteiger partial charge in [0.25, 0.3) is 5.91 Å². The van der Waals surface area contributed by atoms with Gasteiger partial charge in [0.15, 0.2) is 0 Å². The first-order valence-electron chi connectivity index (χ1n) is 7.88. The third-order valence-electron chi connectivity index (χ3n) is 4.10. The minimum Gasteiger partial charge on any atom is -0.352 e. The number of hydrogen-bond donors (Lipinski definition) is 1. The van der Waals surface area contributed by atoms with E-state index in [9.17, 15) is 9.59 Å². The fraction of sp³-hybridized carbons (Fsp3) is 0.529. The van der Waals surface area contributed by atoms with Gasteiger partial charge < -0.3 is 10.2 Å². The van der Waals surface area contributed by atoms with Crippen molar-refractivity contribution in [1.29, 1.82) is 0 Å². The Balaban J connectivity index is 1.65. The van der Waals surface area contributed by atoms with Crippen LogP contribution < -0.4 is 5.32 Å². The van der Waals surface area contributed by atoms with Crippen LogP contribution in [0.25, 0.3) is 0 Å². The molecule has 0 aliphatic carbocycles. The van der Waals surface area contributed by atoms with Gasteiger partial charge >= 0.3 is 0 Å². The van der Waals surface area contributed by atoms with Crippen LogP contribution in [0.15, 0.2) is 24.3 Å². The van der Waals surface area contributed by atoms with E-state index in [1.807, 2.05) is 4.90 Å². The van der Waals surface area contributed by atoms with E-state index in [1.165, 1.54) is 0 Å². The summed E-state index contributed by atoms with van der Waals surface area (Å²) in [6.07, 6.45) is 3.36. The largest absolute Gasteiger partial charge is 0.352 e. The molecule has 1 aromatic carbocycles.